The average Bonchev–Trinajstić information content (AvgIpc) is 3.37. The van der Waals surface area contributed by atoms with Gasteiger partial charge in [0.05, 0.1) is 6.20 Å². The van der Waals surface area contributed by atoms with Crippen molar-refractivity contribution in [2.24, 2.45) is 7.05 Å². The number of rotatable bonds is 4. The molecule has 7 heteroatoms. The zero-order chi connectivity index (χ0) is 17.2. The maximum atomic E-state index is 12.7. The van der Waals surface area contributed by atoms with Gasteiger partial charge in [-0.3, -0.25) is 9.48 Å². The molecule has 1 amide bonds. The van der Waals surface area contributed by atoms with Crippen LogP contribution in [0.4, 0.5) is 5.69 Å². The highest BCUT2D eigenvalue weighted by atomic mass is 32.1. The molecule has 0 aliphatic rings. The van der Waals surface area contributed by atoms with Crippen molar-refractivity contribution < 1.29 is 4.79 Å². The molecule has 1 aromatic carbocycles. The lowest BCUT2D eigenvalue weighted by Crippen LogP contribution is -2.14. The van der Waals surface area contributed by atoms with Gasteiger partial charge in [-0.15, -0.1) is 11.3 Å². The first kappa shape index (κ1) is 15.3. The van der Waals surface area contributed by atoms with Gasteiger partial charge in [-0.1, -0.05) is 0 Å². The number of benzene rings is 1. The Labute approximate surface area is 148 Å². The zero-order valence-electron chi connectivity index (χ0n) is 13.5. The highest BCUT2D eigenvalue weighted by Crippen LogP contribution is 2.24. The third-order valence-corrected chi connectivity index (χ3v) is 4.65. The molecule has 0 saturated heterocycles. The van der Waals surface area contributed by atoms with Crippen LogP contribution in [0.2, 0.25) is 0 Å². The van der Waals surface area contributed by atoms with E-state index in [4.69, 9.17) is 0 Å². The maximum absolute atomic E-state index is 12.7. The summed E-state index contributed by atoms with van der Waals surface area (Å²) in [7, 11) is 1.81. The number of aryl methyl sites for hydroxylation is 1. The average molecular weight is 349 g/mol. The van der Waals surface area contributed by atoms with Crippen molar-refractivity contribution >= 4 is 22.9 Å². The van der Waals surface area contributed by atoms with Crippen molar-refractivity contribution in [3.8, 4) is 16.4 Å². The predicted molar refractivity (Wildman–Crippen MR) is 98.0 cm³/mol. The van der Waals surface area contributed by atoms with Gasteiger partial charge in [0.25, 0.3) is 5.91 Å². The number of aromatic nitrogens is 4. The van der Waals surface area contributed by atoms with E-state index in [0.29, 0.717) is 5.56 Å². The lowest BCUT2D eigenvalue weighted by atomic mass is 10.2. The Kier molecular flexibility index (Phi) is 3.91. The number of nitrogens with one attached hydrogen (secondary N) is 1. The van der Waals surface area contributed by atoms with Crippen LogP contribution in [-0.4, -0.2) is 25.2 Å². The van der Waals surface area contributed by atoms with E-state index in [0.717, 1.165) is 22.1 Å². The number of thiazole rings is 1. The molecule has 0 aliphatic heterocycles. The second kappa shape index (κ2) is 6.37. The first-order valence-corrected chi connectivity index (χ1v) is 8.57. The number of hydrogen-bond acceptors (Lipinski definition) is 4. The van der Waals surface area contributed by atoms with Crippen LogP contribution in [0.1, 0.15) is 10.4 Å². The summed E-state index contributed by atoms with van der Waals surface area (Å²) in [6.45, 7) is 0. The molecule has 6 nitrogen and oxygen atoms in total. The molecular formula is C18H15N5OS. The van der Waals surface area contributed by atoms with Gasteiger partial charge in [-0.25, -0.2) is 4.98 Å². The van der Waals surface area contributed by atoms with Crippen LogP contribution in [0.3, 0.4) is 0 Å². The number of anilines is 1. The van der Waals surface area contributed by atoms with Crippen LogP contribution in [0.15, 0.2) is 66.6 Å². The molecular weight excluding hydrogens is 334 g/mol. The van der Waals surface area contributed by atoms with Gasteiger partial charge in [0.1, 0.15) is 16.4 Å². The largest absolute Gasteiger partial charge is 0.322 e. The van der Waals surface area contributed by atoms with Gasteiger partial charge >= 0.3 is 0 Å². The fourth-order valence-electron chi connectivity index (χ4n) is 2.63. The Morgan fingerprint density at radius 3 is 2.60 bits per heavy atom. The minimum Gasteiger partial charge on any atom is -0.322 e. The summed E-state index contributed by atoms with van der Waals surface area (Å²) in [5.74, 6) is 0.528. The predicted octanol–water partition coefficient (Wildman–Crippen LogP) is 3.59. The molecule has 3 heterocycles. The number of amides is 1. The van der Waals surface area contributed by atoms with E-state index >= 15 is 0 Å². The quantitative estimate of drug-likeness (QED) is 0.612. The van der Waals surface area contributed by atoms with Crippen LogP contribution in [0.5, 0.6) is 0 Å². The van der Waals surface area contributed by atoms with Crippen molar-refractivity contribution in [3.05, 3.63) is 72.1 Å². The number of carbonyl (C=O) groups is 1. The zero-order valence-corrected chi connectivity index (χ0v) is 14.3. The molecule has 0 saturated carbocycles. The molecule has 0 atom stereocenters. The van der Waals surface area contributed by atoms with Gasteiger partial charge < -0.3 is 9.88 Å². The van der Waals surface area contributed by atoms with Gasteiger partial charge in [0, 0.05) is 42.3 Å². The molecule has 0 bridgehead atoms. The number of hydrogen-bond donors (Lipinski definition) is 1. The van der Waals surface area contributed by atoms with Crippen molar-refractivity contribution in [2.75, 3.05) is 5.32 Å². The van der Waals surface area contributed by atoms with Crippen LogP contribution in [0.25, 0.3) is 16.4 Å². The fraction of sp³-hybridized carbons (Fsp3) is 0.0556. The molecule has 124 valence electrons. The molecule has 0 radical (unpaired) electrons. The second-order valence-corrected chi connectivity index (χ2v) is 6.36. The summed E-state index contributed by atoms with van der Waals surface area (Å²) in [5, 5.41) is 10.0. The summed E-state index contributed by atoms with van der Waals surface area (Å²) in [4.78, 5) is 17.0. The third kappa shape index (κ3) is 2.97. The van der Waals surface area contributed by atoms with Crippen molar-refractivity contribution in [1.82, 2.24) is 19.3 Å². The Morgan fingerprint density at radius 1 is 1.16 bits per heavy atom. The first-order valence-electron chi connectivity index (χ1n) is 7.69. The van der Waals surface area contributed by atoms with Crippen molar-refractivity contribution in [3.63, 3.8) is 0 Å². The first-order chi connectivity index (χ1) is 12.2. The molecule has 0 aliphatic carbocycles. The maximum Gasteiger partial charge on any atom is 0.261 e. The summed E-state index contributed by atoms with van der Waals surface area (Å²) in [6, 6.07) is 11.5. The lowest BCUT2D eigenvalue weighted by molar-refractivity contribution is 0.102. The summed E-state index contributed by atoms with van der Waals surface area (Å²) in [6.07, 6.45) is 7.13. The lowest BCUT2D eigenvalue weighted by Gasteiger charge is -2.09. The van der Waals surface area contributed by atoms with Gasteiger partial charge in [0.15, 0.2) is 0 Å². The van der Waals surface area contributed by atoms with Crippen LogP contribution in [0, 0.1) is 0 Å². The van der Waals surface area contributed by atoms with E-state index in [1.165, 1.54) is 0 Å². The van der Waals surface area contributed by atoms with Gasteiger partial charge in [-0.05, 0) is 36.4 Å². The Morgan fingerprint density at radius 2 is 1.92 bits per heavy atom. The molecule has 3 aromatic heterocycles. The van der Waals surface area contributed by atoms with Crippen molar-refractivity contribution in [2.45, 2.75) is 0 Å². The standard InChI is InChI=1S/C18H15N5OS/c1-22-18(23-9-2-3-10-23)15(12-20-22)16(24)21-14-6-4-13(5-7-14)17-19-8-11-25-17/h2-12H,1H3,(H,21,24). The summed E-state index contributed by atoms with van der Waals surface area (Å²) >= 11 is 1.58. The molecule has 0 unspecified atom stereocenters. The normalized spacial score (nSPS) is 10.8. The smallest absolute Gasteiger partial charge is 0.261 e. The molecule has 0 spiro atoms. The second-order valence-electron chi connectivity index (χ2n) is 5.46. The van der Waals surface area contributed by atoms with E-state index < -0.39 is 0 Å². The number of carbonyl (C=O) groups excluding carboxylic acids is 1. The molecule has 25 heavy (non-hydrogen) atoms. The minimum absolute atomic E-state index is 0.196. The summed E-state index contributed by atoms with van der Waals surface area (Å²) in [5.41, 5.74) is 2.28. The Hall–Kier alpha value is -3.19. The van der Waals surface area contributed by atoms with Gasteiger partial charge in [-0.2, -0.15) is 5.10 Å². The fourth-order valence-corrected chi connectivity index (χ4v) is 3.28. The monoisotopic (exact) mass is 349 g/mol. The Bertz CT molecular complexity index is 985. The molecule has 4 rings (SSSR count). The highest BCUT2D eigenvalue weighted by molar-refractivity contribution is 7.13. The SMILES string of the molecule is Cn1ncc(C(=O)Nc2ccc(-c3nccs3)cc2)c1-n1cccc1. The van der Waals surface area contributed by atoms with Crippen LogP contribution < -0.4 is 5.32 Å². The van der Waals surface area contributed by atoms with E-state index in [1.807, 2.05) is 65.8 Å². The van der Waals surface area contributed by atoms with Crippen LogP contribution >= 0.6 is 11.3 Å². The van der Waals surface area contributed by atoms with E-state index in [9.17, 15) is 4.79 Å². The topological polar surface area (TPSA) is 64.7 Å². The molecule has 4 aromatic rings. The molecule has 1 N–H and O–H groups in total. The minimum atomic E-state index is -0.196. The molecule has 0 fully saturated rings. The van der Waals surface area contributed by atoms with Gasteiger partial charge in [0.2, 0.25) is 0 Å². The van der Waals surface area contributed by atoms with E-state index in [-0.39, 0.29) is 5.91 Å². The third-order valence-electron chi connectivity index (χ3n) is 3.82. The summed E-state index contributed by atoms with van der Waals surface area (Å²) < 4.78 is 3.55. The Balaban J connectivity index is 1.57. The van der Waals surface area contributed by atoms with Crippen molar-refractivity contribution in [1.29, 1.82) is 0 Å². The number of nitrogens with zero attached hydrogens (tertiary/aromatic N) is 4. The van der Waals surface area contributed by atoms with Crippen LogP contribution in [-0.2, 0) is 7.05 Å². The van der Waals surface area contributed by atoms with E-state index in [2.05, 4.69) is 15.4 Å². The highest BCUT2D eigenvalue weighted by Gasteiger charge is 2.17. The van der Waals surface area contributed by atoms with E-state index in [1.54, 1.807) is 28.4 Å².